The zero-order valence-corrected chi connectivity index (χ0v) is 9.57. The summed E-state index contributed by atoms with van der Waals surface area (Å²) in [5, 5.41) is 13.1. The summed E-state index contributed by atoms with van der Waals surface area (Å²) in [6.45, 7) is 1.12. The van der Waals surface area contributed by atoms with Gasteiger partial charge < -0.3 is 15.2 Å². The molecule has 2 heterocycles. The molecule has 1 aromatic heterocycles. The number of anilines is 1. The predicted octanol–water partition coefficient (Wildman–Crippen LogP) is 1.58. The highest BCUT2D eigenvalue weighted by Crippen LogP contribution is 2.32. The molecule has 1 aromatic rings. The van der Waals surface area contributed by atoms with E-state index >= 15 is 0 Å². The lowest BCUT2D eigenvalue weighted by molar-refractivity contribution is -0.140. The lowest BCUT2D eigenvalue weighted by Gasteiger charge is -2.39. The minimum Gasteiger partial charge on any atom is -0.396 e. The number of hydrogen-bond donors (Lipinski definition) is 2. The van der Waals surface area contributed by atoms with Gasteiger partial charge in [0.25, 0.3) is 0 Å². The second-order valence-corrected chi connectivity index (χ2v) is 4.90. The molecule has 8 heteroatoms. The van der Waals surface area contributed by atoms with Gasteiger partial charge in [0, 0.05) is 11.9 Å². The monoisotopic (exact) mass is 268 g/mol. The van der Waals surface area contributed by atoms with Crippen molar-refractivity contribution in [2.24, 2.45) is 5.41 Å². The van der Waals surface area contributed by atoms with Crippen molar-refractivity contribution < 1.29 is 23.0 Å². The van der Waals surface area contributed by atoms with Crippen LogP contribution < -0.4 is 5.32 Å². The Hall–Kier alpha value is -0.860. The Kier molecular flexibility index (Phi) is 3.28. The van der Waals surface area contributed by atoms with Crippen LogP contribution in [0.1, 0.15) is 5.69 Å². The number of nitrogens with one attached hydrogen (secondary N) is 1. The summed E-state index contributed by atoms with van der Waals surface area (Å²) in [6.07, 6.45) is -4.41. The summed E-state index contributed by atoms with van der Waals surface area (Å²) in [5.74, 6) is 0. The van der Waals surface area contributed by atoms with Crippen molar-refractivity contribution in [3.8, 4) is 0 Å². The van der Waals surface area contributed by atoms with E-state index in [0.717, 1.165) is 16.7 Å². The smallest absolute Gasteiger partial charge is 0.396 e. The van der Waals surface area contributed by atoms with Crippen LogP contribution in [-0.2, 0) is 10.9 Å². The lowest BCUT2D eigenvalue weighted by atomic mass is 9.87. The van der Waals surface area contributed by atoms with Crippen molar-refractivity contribution >= 4 is 16.5 Å². The maximum absolute atomic E-state index is 12.3. The van der Waals surface area contributed by atoms with Crippen LogP contribution >= 0.6 is 11.3 Å². The maximum atomic E-state index is 12.3. The number of thiazole rings is 1. The second-order valence-electron chi connectivity index (χ2n) is 4.04. The molecule has 1 aliphatic rings. The van der Waals surface area contributed by atoms with Crippen molar-refractivity contribution in [3.63, 3.8) is 0 Å². The van der Waals surface area contributed by atoms with Gasteiger partial charge in [-0.15, -0.1) is 11.3 Å². The summed E-state index contributed by atoms with van der Waals surface area (Å²) in [7, 11) is 0. The number of rotatable bonds is 4. The van der Waals surface area contributed by atoms with E-state index in [4.69, 9.17) is 9.84 Å². The molecule has 96 valence electrons. The molecule has 1 fully saturated rings. The van der Waals surface area contributed by atoms with Gasteiger partial charge in [0.15, 0.2) is 10.8 Å². The average Bonchev–Trinajstić information content (AvgIpc) is 2.65. The maximum Gasteiger partial charge on any atom is 0.434 e. The molecule has 0 atom stereocenters. The second kappa shape index (κ2) is 4.43. The van der Waals surface area contributed by atoms with Crippen LogP contribution in [0.5, 0.6) is 0 Å². The first kappa shape index (κ1) is 12.6. The Morgan fingerprint density at radius 2 is 2.24 bits per heavy atom. The molecule has 0 unspecified atom stereocenters. The molecule has 2 N–H and O–H groups in total. The number of hydrogen-bond acceptors (Lipinski definition) is 5. The van der Waals surface area contributed by atoms with Gasteiger partial charge in [-0.1, -0.05) is 0 Å². The zero-order valence-electron chi connectivity index (χ0n) is 8.75. The highest BCUT2D eigenvalue weighted by atomic mass is 32.1. The van der Waals surface area contributed by atoms with Gasteiger partial charge in [0.2, 0.25) is 0 Å². The minimum atomic E-state index is -4.41. The molecule has 0 bridgehead atoms. The SMILES string of the molecule is OCC1(CNc2nc(C(F)(F)F)cs2)COC1. The van der Waals surface area contributed by atoms with Crippen LogP contribution in [0.15, 0.2) is 5.38 Å². The summed E-state index contributed by atoms with van der Waals surface area (Å²) in [6, 6.07) is 0. The van der Waals surface area contributed by atoms with Crippen molar-refractivity contribution in [2.45, 2.75) is 6.18 Å². The fourth-order valence-electron chi connectivity index (χ4n) is 1.39. The molecular weight excluding hydrogens is 257 g/mol. The Morgan fingerprint density at radius 3 is 2.65 bits per heavy atom. The molecule has 1 saturated heterocycles. The summed E-state index contributed by atoms with van der Waals surface area (Å²) >= 11 is 0.898. The van der Waals surface area contributed by atoms with E-state index in [9.17, 15) is 13.2 Å². The summed E-state index contributed by atoms with van der Waals surface area (Å²) in [4.78, 5) is 3.44. The van der Waals surface area contributed by atoms with E-state index in [1.54, 1.807) is 0 Å². The van der Waals surface area contributed by atoms with Crippen molar-refractivity contribution in [1.29, 1.82) is 0 Å². The summed E-state index contributed by atoms with van der Waals surface area (Å²) in [5.41, 5.74) is -1.28. The summed E-state index contributed by atoms with van der Waals surface area (Å²) < 4.78 is 41.8. The molecule has 0 radical (unpaired) electrons. The molecule has 0 aliphatic carbocycles. The fourth-order valence-corrected chi connectivity index (χ4v) is 2.10. The molecule has 0 amide bonds. The third kappa shape index (κ3) is 2.70. The third-order valence-electron chi connectivity index (χ3n) is 2.56. The van der Waals surface area contributed by atoms with Gasteiger partial charge in [-0.2, -0.15) is 13.2 Å². The predicted molar refractivity (Wildman–Crippen MR) is 55.9 cm³/mol. The fraction of sp³-hybridized carbons (Fsp3) is 0.667. The molecule has 17 heavy (non-hydrogen) atoms. The Morgan fingerprint density at radius 1 is 1.53 bits per heavy atom. The van der Waals surface area contributed by atoms with Gasteiger partial charge in [-0.3, -0.25) is 0 Å². The molecular formula is C9H11F3N2O2S. The minimum absolute atomic E-state index is 0.0580. The van der Waals surface area contributed by atoms with Gasteiger partial charge in [0.05, 0.1) is 25.2 Å². The van der Waals surface area contributed by atoms with Gasteiger partial charge in [-0.25, -0.2) is 4.98 Å². The first-order valence-corrected chi connectivity index (χ1v) is 5.78. The number of aliphatic hydroxyl groups excluding tert-OH is 1. The Labute approximate surface area is 99.4 Å². The number of aliphatic hydroxyl groups is 1. The van der Waals surface area contributed by atoms with E-state index in [1.807, 2.05) is 0 Å². The Bertz CT molecular complexity index is 384. The number of aromatic nitrogens is 1. The molecule has 2 rings (SSSR count). The number of nitrogens with zero attached hydrogens (tertiary/aromatic N) is 1. The lowest BCUT2D eigenvalue weighted by Crippen LogP contribution is -2.50. The topological polar surface area (TPSA) is 54.4 Å². The van der Waals surface area contributed by atoms with Crippen LogP contribution in [0.25, 0.3) is 0 Å². The largest absolute Gasteiger partial charge is 0.434 e. The highest BCUT2D eigenvalue weighted by Gasteiger charge is 2.38. The first-order valence-electron chi connectivity index (χ1n) is 4.90. The molecule has 0 saturated carbocycles. The molecule has 1 aliphatic heterocycles. The highest BCUT2D eigenvalue weighted by molar-refractivity contribution is 7.13. The normalized spacial score (nSPS) is 18.8. The van der Waals surface area contributed by atoms with Crippen LogP contribution in [0.2, 0.25) is 0 Å². The van der Waals surface area contributed by atoms with E-state index in [1.165, 1.54) is 0 Å². The number of halogens is 3. The Balaban J connectivity index is 1.93. The van der Waals surface area contributed by atoms with E-state index < -0.39 is 11.9 Å². The average molecular weight is 268 g/mol. The number of ether oxygens (including phenoxy) is 1. The van der Waals surface area contributed by atoms with E-state index in [0.29, 0.717) is 19.8 Å². The van der Waals surface area contributed by atoms with Crippen LogP contribution in [0, 0.1) is 5.41 Å². The number of alkyl halides is 3. The van der Waals surface area contributed by atoms with Crippen molar-refractivity contribution in [3.05, 3.63) is 11.1 Å². The standard InChI is InChI=1S/C9H11F3N2O2S/c10-9(11,12)6-1-17-7(14-6)13-2-8(3-15)4-16-5-8/h1,15H,2-5H2,(H,13,14). The van der Waals surface area contributed by atoms with E-state index in [-0.39, 0.29) is 17.2 Å². The molecule has 0 spiro atoms. The van der Waals surface area contributed by atoms with Crippen LogP contribution in [0.3, 0.4) is 0 Å². The van der Waals surface area contributed by atoms with Gasteiger partial charge in [-0.05, 0) is 0 Å². The zero-order chi connectivity index (χ0) is 12.5. The molecule has 4 nitrogen and oxygen atoms in total. The third-order valence-corrected chi connectivity index (χ3v) is 3.36. The first-order chi connectivity index (χ1) is 7.95. The van der Waals surface area contributed by atoms with Crippen molar-refractivity contribution in [1.82, 2.24) is 4.98 Å². The quantitative estimate of drug-likeness (QED) is 0.870. The van der Waals surface area contributed by atoms with Crippen LogP contribution in [-0.4, -0.2) is 36.5 Å². The van der Waals surface area contributed by atoms with Crippen molar-refractivity contribution in [2.75, 3.05) is 31.7 Å². The van der Waals surface area contributed by atoms with E-state index in [2.05, 4.69) is 10.3 Å². The van der Waals surface area contributed by atoms with Crippen LogP contribution in [0.4, 0.5) is 18.3 Å². The molecule has 0 aromatic carbocycles. The van der Waals surface area contributed by atoms with Gasteiger partial charge >= 0.3 is 6.18 Å². The van der Waals surface area contributed by atoms with Gasteiger partial charge in [0.1, 0.15) is 0 Å².